The molecule has 0 spiro atoms. The molecule has 1 fully saturated rings. The number of nitrogens with one attached hydrogen (secondary N) is 1. The standard InChI is InChI=1S/C12H25N3O2/c1-12(2,3)17-11(16)10(13)4-7-15-8-5-14-6-9-15/h10,14H,4-9,13H2,1-3H3. The summed E-state index contributed by atoms with van der Waals surface area (Å²) in [7, 11) is 0. The number of esters is 1. The first-order valence-corrected chi connectivity index (χ1v) is 6.30. The Balaban J connectivity index is 2.23. The third-order valence-electron chi connectivity index (χ3n) is 2.68. The number of rotatable bonds is 4. The van der Waals surface area contributed by atoms with Crippen LogP contribution >= 0.6 is 0 Å². The van der Waals surface area contributed by atoms with Crippen LogP contribution in [0.25, 0.3) is 0 Å². The fraction of sp³-hybridized carbons (Fsp3) is 0.917. The van der Waals surface area contributed by atoms with Gasteiger partial charge in [-0.1, -0.05) is 0 Å². The summed E-state index contributed by atoms with van der Waals surface area (Å²) in [6.07, 6.45) is 0.662. The molecule has 0 aliphatic carbocycles. The lowest BCUT2D eigenvalue weighted by Gasteiger charge is -2.28. The topological polar surface area (TPSA) is 67.6 Å². The van der Waals surface area contributed by atoms with Crippen molar-refractivity contribution in [3.63, 3.8) is 0 Å². The molecule has 0 radical (unpaired) electrons. The molecule has 17 heavy (non-hydrogen) atoms. The molecule has 5 nitrogen and oxygen atoms in total. The van der Waals surface area contributed by atoms with Crippen LogP contribution in [0.1, 0.15) is 27.2 Å². The van der Waals surface area contributed by atoms with Gasteiger partial charge in [0.1, 0.15) is 11.6 Å². The molecule has 1 aliphatic rings. The summed E-state index contributed by atoms with van der Waals surface area (Å²) in [5, 5.41) is 3.29. The number of nitrogens with zero attached hydrogens (tertiary/aromatic N) is 1. The molecule has 5 heteroatoms. The van der Waals surface area contributed by atoms with Crippen LogP contribution in [-0.2, 0) is 9.53 Å². The second-order valence-corrected chi connectivity index (χ2v) is 5.52. The van der Waals surface area contributed by atoms with Gasteiger partial charge in [-0.2, -0.15) is 0 Å². The van der Waals surface area contributed by atoms with Gasteiger partial charge in [0.15, 0.2) is 0 Å². The maximum atomic E-state index is 11.7. The van der Waals surface area contributed by atoms with Gasteiger partial charge in [-0.15, -0.1) is 0 Å². The number of carbonyl (C=O) groups is 1. The Labute approximate surface area is 104 Å². The molecule has 0 saturated carbocycles. The predicted molar refractivity (Wildman–Crippen MR) is 67.7 cm³/mol. The van der Waals surface area contributed by atoms with Crippen molar-refractivity contribution in [1.29, 1.82) is 0 Å². The molecular formula is C12H25N3O2. The highest BCUT2D eigenvalue weighted by molar-refractivity contribution is 5.75. The Bertz CT molecular complexity index is 245. The van der Waals surface area contributed by atoms with Gasteiger partial charge in [-0.25, -0.2) is 0 Å². The molecule has 1 atom stereocenters. The van der Waals surface area contributed by atoms with Crippen LogP contribution in [0.2, 0.25) is 0 Å². The number of hydrogen-bond acceptors (Lipinski definition) is 5. The zero-order valence-electron chi connectivity index (χ0n) is 11.2. The SMILES string of the molecule is CC(C)(C)OC(=O)C(N)CCN1CCNCC1. The molecule has 0 aromatic carbocycles. The average molecular weight is 243 g/mol. The van der Waals surface area contributed by atoms with Crippen LogP contribution in [0.4, 0.5) is 0 Å². The normalized spacial score (nSPS) is 20.0. The first-order chi connectivity index (χ1) is 7.88. The Kier molecular flexibility index (Phi) is 5.36. The zero-order chi connectivity index (χ0) is 12.9. The van der Waals surface area contributed by atoms with Crippen molar-refractivity contribution in [3.05, 3.63) is 0 Å². The second kappa shape index (κ2) is 6.33. The Hall–Kier alpha value is -0.650. The number of piperazine rings is 1. The first-order valence-electron chi connectivity index (χ1n) is 6.30. The number of hydrogen-bond donors (Lipinski definition) is 2. The fourth-order valence-electron chi connectivity index (χ4n) is 1.75. The van der Waals surface area contributed by atoms with E-state index in [-0.39, 0.29) is 5.97 Å². The summed E-state index contributed by atoms with van der Waals surface area (Å²) in [4.78, 5) is 14.0. The van der Waals surface area contributed by atoms with Gasteiger partial charge >= 0.3 is 5.97 Å². The van der Waals surface area contributed by atoms with E-state index >= 15 is 0 Å². The Morgan fingerprint density at radius 1 is 1.41 bits per heavy atom. The van der Waals surface area contributed by atoms with Crippen LogP contribution in [0.3, 0.4) is 0 Å². The minimum atomic E-state index is -0.510. The van der Waals surface area contributed by atoms with E-state index in [1.807, 2.05) is 20.8 Å². The predicted octanol–water partition coefficient (Wildman–Crippen LogP) is -0.0493. The first kappa shape index (κ1) is 14.4. The monoisotopic (exact) mass is 243 g/mol. The Morgan fingerprint density at radius 2 is 2.00 bits per heavy atom. The fourth-order valence-corrected chi connectivity index (χ4v) is 1.75. The van der Waals surface area contributed by atoms with Crippen molar-refractivity contribution in [2.24, 2.45) is 5.73 Å². The van der Waals surface area contributed by atoms with Gasteiger partial charge in [0, 0.05) is 32.7 Å². The number of carbonyl (C=O) groups excluding carboxylic acids is 1. The van der Waals surface area contributed by atoms with E-state index in [1.165, 1.54) is 0 Å². The van der Waals surface area contributed by atoms with Crippen molar-refractivity contribution in [1.82, 2.24) is 10.2 Å². The second-order valence-electron chi connectivity index (χ2n) is 5.52. The maximum absolute atomic E-state index is 11.7. The Morgan fingerprint density at radius 3 is 2.53 bits per heavy atom. The van der Waals surface area contributed by atoms with Crippen LogP contribution < -0.4 is 11.1 Å². The summed E-state index contributed by atoms with van der Waals surface area (Å²) in [5.41, 5.74) is 5.37. The van der Waals surface area contributed by atoms with Gasteiger partial charge < -0.3 is 20.7 Å². The van der Waals surface area contributed by atoms with Gasteiger partial charge in [-0.3, -0.25) is 4.79 Å². The highest BCUT2D eigenvalue weighted by atomic mass is 16.6. The highest BCUT2D eigenvalue weighted by Gasteiger charge is 2.22. The van der Waals surface area contributed by atoms with Gasteiger partial charge in [-0.05, 0) is 27.2 Å². The largest absolute Gasteiger partial charge is 0.459 e. The van der Waals surface area contributed by atoms with E-state index in [1.54, 1.807) is 0 Å². The van der Waals surface area contributed by atoms with Crippen molar-refractivity contribution >= 4 is 5.97 Å². The molecule has 3 N–H and O–H groups in total. The molecule has 0 aromatic rings. The average Bonchev–Trinajstić information content (AvgIpc) is 2.25. The quantitative estimate of drug-likeness (QED) is 0.678. The third kappa shape index (κ3) is 6.00. The van der Waals surface area contributed by atoms with E-state index < -0.39 is 11.6 Å². The molecule has 1 aliphatic heterocycles. The number of ether oxygens (including phenoxy) is 1. The van der Waals surface area contributed by atoms with E-state index in [4.69, 9.17) is 10.5 Å². The summed E-state index contributed by atoms with van der Waals surface area (Å²) in [6, 6.07) is -0.510. The molecule has 1 unspecified atom stereocenters. The van der Waals surface area contributed by atoms with Gasteiger partial charge in [0.25, 0.3) is 0 Å². The van der Waals surface area contributed by atoms with Crippen molar-refractivity contribution in [2.75, 3.05) is 32.7 Å². The minimum absolute atomic E-state index is 0.298. The minimum Gasteiger partial charge on any atom is -0.459 e. The van der Waals surface area contributed by atoms with Crippen molar-refractivity contribution < 1.29 is 9.53 Å². The highest BCUT2D eigenvalue weighted by Crippen LogP contribution is 2.09. The molecule has 0 bridgehead atoms. The summed E-state index contributed by atoms with van der Waals surface area (Å²) in [6.45, 7) is 10.5. The molecule has 1 saturated heterocycles. The van der Waals surface area contributed by atoms with E-state index in [0.717, 1.165) is 32.7 Å². The lowest BCUT2D eigenvalue weighted by atomic mass is 10.1. The van der Waals surface area contributed by atoms with E-state index in [2.05, 4.69) is 10.2 Å². The molecule has 100 valence electrons. The number of nitrogens with two attached hydrogens (primary N) is 1. The molecule has 1 rings (SSSR count). The molecular weight excluding hydrogens is 218 g/mol. The molecule has 1 heterocycles. The van der Waals surface area contributed by atoms with Crippen molar-refractivity contribution in [3.8, 4) is 0 Å². The summed E-state index contributed by atoms with van der Waals surface area (Å²) < 4.78 is 5.24. The van der Waals surface area contributed by atoms with E-state index in [0.29, 0.717) is 6.42 Å². The van der Waals surface area contributed by atoms with Crippen LogP contribution in [0.15, 0.2) is 0 Å². The maximum Gasteiger partial charge on any atom is 0.323 e. The van der Waals surface area contributed by atoms with Crippen LogP contribution in [0.5, 0.6) is 0 Å². The van der Waals surface area contributed by atoms with Gasteiger partial charge in [0.2, 0.25) is 0 Å². The van der Waals surface area contributed by atoms with Gasteiger partial charge in [0.05, 0.1) is 0 Å². The lowest BCUT2D eigenvalue weighted by Crippen LogP contribution is -2.46. The molecule has 0 aromatic heterocycles. The zero-order valence-corrected chi connectivity index (χ0v) is 11.2. The van der Waals surface area contributed by atoms with Crippen molar-refractivity contribution in [2.45, 2.75) is 38.8 Å². The van der Waals surface area contributed by atoms with Crippen LogP contribution in [0, 0.1) is 0 Å². The van der Waals surface area contributed by atoms with E-state index in [9.17, 15) is 4.79 Å². The van der Waals surface area contributed by atoms with Crippen LogP contribution in [-0.4, -0.2) is 55.2 Å². The summed E-state index contributed by atoms with van der Waals surface area (Å²) in [5.74, 6) is -0.298. The smallest absolute Gasteiger partial charge is 0.323 e. The summed E-state index contributed by atoms with van der Waals surface area (Å²) >= 11 is 0. The third-order valence-corrected chi connectivity index (χ3v) is 2.68. The molecule has 0 amide bonds. The lowest BCUT2D eigenvalue weighted by molar-refractivity contribution is -0.156.